The van der Waals surface area contributed by atoms with Gasteiger partial charge in [-0.25, -0.2) is 0 Å². The van der Waals surface area contributed by atoms with Gasteiger partial charge in [-0.2, -0.15) is 0 Å². The average molecular weight is 293 g/mol. The molecule has 1 fully saturated rings. The molecule has 0 N–H and O–H groups in total. The van der Waals surface area contributed by atoms with Crippen LogP contribution in [0.25, 0.3) is 0 Å². The van der Waals surface area contributed by atoms with Gasteiger partial charge >= 0.3 is 0 Å². The Labute approximate surface area is 121 Å². The van der Waals surface area contributed by atoms with Crippen molar-refractivity contribution in [3.63, 3.8) is 0 Å². The molecule has 1 amide bonds. The van der Waals surface area contributed by atoms with E-state index in [1.165, 1.54) is 18.3 Å². The van der Waals surface area contributed by atoms with Crippen LogP contribution in [0, 0.1) is 10.1 Å². The summed E-state index contributed by atoms with van der Waals surface area (Å²) in [5.41, 5.74) is 0.506. The predicted molar refractivity (Wildman–Crippen MR) is 74.0 cm³/mol. The topological polar surface area (TPSA) is 94.3 Å². The molecule has 112 valence electrons. The van der Waals surface area contributed by atoms with E-state index in [9.17, 15) is 14.9 Å². The molecule has 0 spiro atoms. The first-order valence-electron chi connectivity index (χ1n) is 6.42. The Morgan fingerprint density at radius 3 is 2.95 bits per heavy atom. The molecule has 8 heteroatoms. The van der Waals surface area contributed by atoms with Crippen molar-refractivity contribution in [2.75, 3.05) is 32.9 Å². The van der Waals surface area contributed by atoms with Gasteiger partial charge in [0.25, 0.3) is 11.6 Å². The molecule has 2 rings (SSSR count). The molecule has 8 nitrogen and oxygen atoms in total. The number of amides is 1. The summed E-state index contributed by atoms with van der Waals surface area (Å²) in [4.78, 5) is 28.4. The minimum absolute atomic E-state index is 0.0247. The molecule has 1 aliphatic rings. The van der Waals surface area contributed by atoms with Crippen LogP contribution in [0.4, 0.5) is 5.69 Å². The second-order valence-electron chi connectivity index (χ2n) is 4.35. The number of nitro benzene ring substituents is 1. The Bertz CT molecular complexity index is 540. The monoisotopic (exact) mass is 293 g/mol. The van der Waals surface area contributed by atoms with E-state index < -0.39 is 4.92 Å². The van der Waals surface area contributed by atoms with Crippen molar-refractivity contribution in [1.82, 2.24) is 4.90 Å². The summed E-state index contributed by atoms with van der Waals surface area (Å²) in [6.07, 6.45) is 1.33. The van der Waals surface area contributed by atoms with Crippen LogP contribution in [0.3, 0.4) is 0 Å². The summed E-state index contributed by atoms with van der Waals surface area (Å²) in [5.74, 6) is -0.158. The van der Waals surface area contributed by atoms with Crippen LogP contribution in [-0.4, -0.2) is 54.9 Å². The zero-order chi connectivity index (χ0) is 15.1. The normalized spacial score (nSPS) is 15.1. The van der Waals surface area contributed by atoms with Crippen molar-refractivity contribution in [3.05, 3.63) is 39.9 Å². The molecular formula is C13H15N3O5. The van der Waals surface area contributed by atoms with Crippen LogP contribution >= 0.6 is 0 Å². The van der Waals surface area contributed by atoms with Crippen molar-refractivity contribution < 1.29 is 19.3 Å². The number of carbonyl (C=O) groups excluding carboxylic acids is 1. The van der Waals surface area contributed by atoms with E-state index in [-0.39, 0.29) is 18.2 Å². The van der Waals surface area contributed by atoms with Gasteiger partial charge in [0.05, 0.1) is 24.4 Å². The summed E-state index contributed by atoms with van der Waals surface area (Å²) < 4.78 is 5.14. The van der Waals surface area contributed by atoms with Gasteiger partial charge in [0.15, 0.2) is 6.61 Å². The Morgan fingerprint density at radius 1 is 1.48 bits per heavy atom. The van der Waals surface area contributed by atoms with E-state index in [1.807, 2.05) is 0 Å². The number of ether oxygens (including phenoxy) is 1. The van der Waals surface area contributed by atoms with Crippen molar-refractivity contribution in [2.24, 2.45) is 5.16 Å². The second-order valence-corrected chi connectivity index (χ2v) is 4.35. The largest absolute Gasteiger partial charge is 0.386 e. The quantitative estimate of drug-likeness (QED) is 0.455. The fraction of sp³-hybridized carbons (Fsp3) is 0.385. The maximum atomic E-state index is 11.7. The van der Waals surface area contributed by atoms with E-state index >= 15 is 0 Å². The fourth-order valence-electron chi connectivity index (χ4n) is 1.81. The van der Waals surface area contributed by atoms with Crippen LogP contribution in [0.15, 0.2) is 29.4 Å². The standard InChI is InChI=1S/C13H15N3O5/c17-13(15-4-6-20-7-5-15)10-21-14-9-11-2-1-3-12(8-11)16(18)19/h1-3,8-9H,4-7,10H2/b14-9-. The highest BCUT2D eigenvalue weighted by Crippen LogP contribution is 2.11. The van der Waals surface area contributed by atoms with Gasteiger partial charge in [0, 0.05) is 30.8 Å². The van der Waals surface area contributed by atoms with E-state index in [2.05, 4.69) is 5.16 Å². The molecule has 1 heterocycles. The van der Waals surface area contributed by atoms with Crippen LogP contribution in [-0.2, 0) is 14.4 Å². The summed E-state index contributed by atoms with van der Waals surface area (Å²) in [5, 5.41) is 14.3. The van der Waals surface area contributed by atoms with Gasteiger partial charge in [-0.1, -0.05) is 17.3 Å². The van der Waals surface area contributed by atoms with E-state index in [0.29, 0.717) is 31.9 Å². The number of rotatable bonds is 5. The van der Waals surface area contributed by atoms with Gasteiger partial charge in [-0.15, -0.1) is 0 Å². The van der Waals surface area contributed by atoms with Crippen molar-refractivity contribution in [3.8, 4) is 0 Å². The Morgan fingerprint density at radius 2 is 2.24 bits per heavy atom. The Hall–Kier alpha value is -2.48. The van der Waals surface area contributed by atoms with E-state index in [1.54, 1.807) is 17.0 Å². The highest BCUT2D eigenvalue weighted by atomic mass is 16.6. The molecule has 1 aliphatic heterocycles. The molecule has 0 bridgehead atoms. The molecule has 0 radical (unpaired) electrons. The molecular weight excluding hydrogens is 278 g/mol. The summed E-state index contributed by atoms with van der Waals surface area (Å²) in [6.45, 7) is 2.00. The number of oxime groups is 1. The zero-order valence-electron chi connectivity index (χ0n) is 11.3. The van der Waals surface area contributed by atoms with E-state index in [0.717, 1.165) is 0 Å². The maximum absolute atomic E-state index is 11.7. The third kappa shape index (κ3) is 4.53. The molecule has 1 saturated heterocycles. The first-order chi connectivity index (χ1) is 10.2. The maximum Gasteiger partial charge on any atom is 0.270 e. The first kappa shape index (κ1) is 14.9. The third-order valence-electron chi connectivity index (χ3n) is 2.91. The summed E-state index contributed by atoms with van der Waals surface area (Å²) in [6, 6.07) is 5.97. The number of nitro groups is 1. The summed E-state index contributed by atoms with van der Waals surface area (Å²) in [7, 11) is 0. The lowest BCUT2D eigenvalue weighted by molar-refractivity contribution is -0.384. The van der Waals surface area contributed by atoms with Gasteiger partial charge in [0.2, 0.25) is 0 Å². The minimum atomic E-state index is -0.486. The molecule has 0 atom stereocenters. The van der Waals surface area contributed by atoms with Crippen molar-refractivity contribution >= 4 is 17.8 Å². The lowest BCUT2D eigenvalue weighted by atomic mass is 10.2. The van der Waals surface area contributed by atoms with Crippen LogP contribution in [0.2, 0.25) is 0 Å². The van der Waals surface area contributed by atoms with Gasteiger partial charge in [0.1, 0.15) is 0 Å². The molecule has 1 aromatic rings. The molecule has 0 saturated carbocycles. The molecule has 21 heavy (non-hydrogen) atoms. The lowest BCUT2D eigenvalue weighted by Crippen LogP contribution is -2.42. The number of hydrogen-bond donors (Lipinski definition) is 0. The first-order valence-corrected chi connectivity index (χ1v) is 6.42. The highest BCUT2D eigenvalue weighted by molar-refractivity contribution is 5.80. The smallest absolute Gasteiger partial charge is 0.270 e. The van der Waals surface area contributed by atoms with Crippen LogP contribution in [0.5, 0.6) is 0 Å². The number of non-ortho nitro benzene ring substituents is 1. The minimum Gasteiger partial charge on any atom is -0.386 e. The van der Waals surface area contributed by atoms with Gasteiger partial charge in [-0.3, -0.25) is 14.9 Å². The van der Waals surface area contributed by atoms with Crippen molar-refractivity contribution in [1.29, 1.82) is 0 Å². The van der Waals surface area contributed by atoms with Crippen LogP contribution < -0.4 is 0 Å². The number of morpholine rings is 1. The number of hydrogen-bond acceptors (Lipinski definition) is 6. The molecule has 0 aromatic heterocycles. The fourth-order valence-corrected chi connectivity index (χ4v) is 1.81. The lowest BCUT2D eigenvalue weighted by Gasteiger charge is -2.26. The number of benzene rings is 1. The van der Waals surface area contributed by atoms with Crippen LogP contribution in [0.1, 0.15) is 5.56 Å². The molecule has 1 aromatic carbocycles. The summed E-state index contributed by atoms with van der Waals surface area (Å²) >= 11 is 0. The zero-order valence-corrected chi connectivity index (χ0v) is 11.3. The third-order valence-corrected chi connectivity index (χ3v) is 2.91. The molecule has 0 aliphatic carbocycles. The SMILES string of the molecule is O=C(CO/N=C\c1cccc([N+](=O)[O-])c1)N1CCOCC1. The molecule has 0 unspecified atom stereocenters. The Kier molecular flexibility index (Phi) is 5.22. The second kappa shape index (κ2) is 7.34. The average Bonchev–Trinajstić information content (AvgIpc) is 2.52. The van der Waals surface area contributed by atoms with Gasteiger partial charge in [-0.05, 0) is 0 Å². The predicted octanol–water partition coefficient (Wildman–Crippen LogP) is 0.804. The number of carbonyl (C=O) groups is 1. The number of nitrogens with zero attached hydrogens (tertiary/aromatic N) is 3. The van der Waals surface area contributed by atoms with Crippen molar-refractivity contribution in [2.45, 2.75) is 0 Å². The highest BCUT2D eigenvalue weighted by Gasteiger charge is 2.16. The van der Waals surface area contributed by atoms with E-state index in [4.69, 9.17) is 9.57 Å². The Balaban J connectivity index is 1.81. The van der Waals surface area contributed by atoms with Gasteiger partial charge < -0.3 is 14.5 Å².